The van der Waals surface area contributed by atoms with Gasteiger partial charge in [0.2, 0.25) is 5.91 Å². The number of hydrogen-bond acceptors (Lipinski definition) is 5. The molecular weight excluding hydrogens is 332 g/mol. The average molecular weight is 339 g/mol. The number of halogens is 1. The first-order valence-corrected chi connectivity index (χ1v) is 6.86. The zero-order valence-corrected chi connectivity index (χ0v) is 11.9. The van der Waals surface area contributed by atoms with Crippen molar-refractivity contribution in [2.75, 3.05) is 16.8 Å². The summed E-state index contributed by atoms with van der Waals surface area (Å²) < 4.78 is 8.54. The van der Waals surface area contributed by atoms with E-state index in [1.807, 2.05) is 0 Å². The Kier molecular flexibility index (Phi) is 3.03. The lowest BCUT2D eigenvalue weighted by Crippen LogP contribution is -2.42. The highest BCUT2D eigenvalue weighted by atomic mass is 79.9. The van der Waals surface area contributed by atoms with Gasteiger partial charge in [-0.05, 0) is 18.2 Å². The minimum absolute atomic E-state index is 0.0280. The van der Waals surface area contributed by atoms with E-state index in [1.54, 1.807) is 18.2 Å². The van der Waals surface area contributed by atoms with Crippen molar-refractivity contribution in [1.29, 1.82) is 0 Å². The lowest BCUT2D eigenvalue weighted by Gasteiger charge is -2.28. The standard InChI is InChI=1S/C11H7BrN4O2S/c12-6-1-2-7-9(3-6)16(5-10(17)14-7)11(18)8-4-13-19-15-8/h1-4H,5H2,(H,14,17). The molecule has 0 spiro atoms. The molecule has 1 N–H and O–H groups in total. The van der Waals surface area contributed by atoms with Crippen molar-refractivity contribution in [1.82, 2.24) is 8.75 Å². The molecule has 0 fully saturated rings. The van der Waals surface area contributed by atoms with Crippen molar-refractivity contribution in [2.24, 2.45) is 0 Å². The third-order valence-electron chi connectivity index (χ3n) is 2.65. The third kappa shape index (κ3) is 2.24. The molecule has 1 aliphatic rings. The lowest BCUT2D eigenvalue weighted by atomic mass is 10.2. The zero-order chi connectivity index (χ0) is 13.4. The van der Waals surface area contributed by atoms with Crippen LogP contribution in [0.1, 0.15) is 10.5 Å². The molecule has 3 rings (SSSR count). The number of rotatable bonds is 1. The zero-order valence-electron chi connectivity index (χ0n) is 9.46. The summed E-state index contributed by atoms with van der Waals surface area (Å²) in [4.78, 5) is 25.4. The van der Waals surface area contributed by atoms with Crippen molar-refractivity contribution >= 4 is 50.8 Å². The summed E-state index contributed by atoms with van der Waals surface area (Å²) in [5.41, 5.74) is 1.49. The summed E-state index contributed by atoms with van der Waals surface area (Å²) in [6.45, 7) is -0.0280. The normalized spacial score (nSPS) is 13.9. The number of carbonyl (C=O) groups is 2. The van der Waals surface area contributed by atoms with Crippen molar-refractivity contribution < 1.29 is 9.59 Å². The predicted octanol–water partition coefficient (Wildman–Crippen LogP) is 1.90. The first-order valence-electron chi connectivity index (χ1n) is 5.34. The smallest absolute Gasteiger partial charge is 0.280 e. The van der Waals surface area contributed by atoms with Crippen LogP contribution in [0.25, 0.3) is 0 Å². The highest BCUT2D eigenvalue weighted by Crippen LogP contribution is 2.32. The van der Waals surface area contributed by atoms with Crippen LogP contribution in [0.4, 0.5) is 11.4 Å². The Morgan fingerprint density at radius 1 is 1.47 bits per heavy atom. The maximum Gasteiger partial charge on any atom is 0.280 e. The predicted molar refractivity (Wildman–Crippen MR) is 74.4 cm³/mol. The van der Waals surface area contributed by atoms with Gasteiger partial charge in [-0.1, -0.05) is 15.9 Å². The molecule has 2 aromatic rings. The maximum absolute atomic E-state index is 12.3. The van der Waals surface area contributed by atoms with E-state index in [2.05, 4.69) is 30.0 Å². The Morgan fingerprint density at radius 2 is 2.32 bits per heavy atom. The molecule has 0 radical (unpaired) electrons. The molecule has 1 aromatic carbocycles. The molecule has 2 heterocycles. The highest BCUT2D eigenvalue weighted by molar-refractivity contribution is 9.10. The number of carbonyl (C=O) groups excluding carboxylic acids is 2. The molecule has 0 bridgehead atoms. The molecule has 0 unspecified atom stereocenters. The Balaban J connectivity index is 2.05. The van der Waals surface area contributed by atoms with Gasteiger partial charge in [0.1, 0.15) is 6.54 Å². The van der Waals surface area contributed by atoms with Gasteiger partial charge in [-0.15, -0.1) is 0 Å². The third-order valence-corrected chi connectivity index (χ3v) is 3.62. The number of amides is 2. The molecule has 6 nitrogen and oxygen atoms in total. The number of benzene rings is 1. The summed E-state index contributed by atoms with van der Waals surface area (Å²) >= 11 is 4.31. The molecule has 1 aromatic heterocycles. The average Bonchev–Trinajstić information content (AvgIpc) is 2.91. The van der Waals surface area contributed by atoms with Crippen molar-refractivity contribution in [2.45, 2.75) is 0 Å². The number of fused-ring (bicyclic) bond motifs is 1. The molecular formula is C11H7BrN4O2S. The van der Waals surface area contributed by atoms with Gasteiger partial charge in [0, 0.05) is 4.47 Å². The fraction of sp³-hybridized carbons (Fsp3) is 0.0909. The van der Waals surface area contributed by atoms with Gasteiger partial charge >= 0.3 is 0 Å². The molecule has 19 heavy (non-hydrogen) atoms. The number of nitrogens with one attached hydrogen (secondary N) is 1. The molecule has 0 atom stereocenters. The Hall–Kier alpha value is -1.80. The monoisotopic (exact) mass is 338 g/mol. The first kappa shape index (κ1) is 12.2. The summed E-state index contributed by atoms with van der Waals surface area (Å²) in [7, 11) is 0. The van der Waals surface area contributed by atoms with Gasteiger partial charge in [-0.2, -0.15) is 8.75 Å². The molecule has 0 saturated heterocycles. The van der Waals surface area contributed by atoms with E-state index in [0.717, 1.165) is 16.2 Å². The van der Waals surface area contributed by atoms with Gasteiger partial charge in [0.15, 0.2) is 5.69 Å². The van der Waals surface area contributed by atoms with Gasteiger partial charge in [0.25, 0.3) is 5.91 Å². The van der Waals surface area contributed by atoms with Crippen LogP contribution in [0.3, 0.4) is 0 Å². The van der Waals surface area contributed by atoms with Crippen molar-refractivity contribution in [3.05, 3.63) is 34.6 Å². The minimum atomic E-state index is -0.331. The van der Waals surface area contributed by atoms with E-state index in [-0.39, 0.29) is 24.1 Å². The van der Waals surface area contributed by atoms with Crippen LogP contribution in [0, 0.1) is 0 Å². The summed E-state index contributed by atoms with van der Waals surface area (Å²) in [6, 6.07) is 5.33. The van der Waals surface area contributed by atoms with E-state index in [1.165, 1.54) is 11.1 Å². The Bertz CT molecular complexity index is 659. The van der Waals surface area contributed by atoms with E-state index < -0.39 is 0 Å². The number of hydrogen-bond donors (Lipinski definition) is 1. The second-order valence-electron chi connectivity index (χ2n) is 3.89. The van der Waals surface area contributed by atoms with Crippen LogP contribution in [0.15, 0.2) is 28.9 Å². The molecule has 2 amide bonds. The first-order chi connectivity index (χ1) is 9.15. The van der Waals surface area contributed by atoms with Crippen LogP contribution in [0.2, 0.25) is 0 Å². The van der Waals surface area contributed by atoms with Gasteiger partial charge in [-0.25, -0.2) is 0 Å². The molecule has 1 aliphatic heterocycles. The van der Waals surface area contributed by atoms with Crippen LogP contribution < -0.4 is 10.2 Å². The highest BCUT2D eigenvalue weighted by Gasteiger charge is 2.28. The fourth-order valence-corrected chi connectivity index (χ4v) is 2.59. The fourth-order valence-electron chi connectivity index (χ4n) is 1.83. The van der Waals surface area contributed by atoms with Gasteiger partial charge in [-0.3, -0.25) is 14.5 Å². The van der Waals surface area contributed by atoms with E-state index in [4.69, 9.17) is 0 Å². The number of nitrogens with zero attached hydrogens (tertiary/aromatic N) is 3. The van der Waals surface area contributed by atoms with Gasteiger partial charge < -0.3 is 5.32 Å². The van der Waals surface area contributed by atoms with Crippen LogP contribution in [0.5, 0.6) is 0 Å². The largest absolute Gasteiger partial charge is 0.323 e. The summed E-state index contributed by atoms with van der Waals surface area (Å²) in [5, 5.41) is 2.73. The van der Waals surface area contributed by atoms with E-state index >= 15 is 0 Å². The SMILES string of the molecule is O=C1CN(C(=O)c2cnsn2)c2cc(Br)ccc2N1. The van der Waals surface area contributed by atoms with Crippen molar-refractivity contribution in [3.8, 4) is 0 Å². The van der Waals surface area contributed by atoms with E-state index in [0.29, 0.717) is 11.4 Å². The number of anilines is 2. The maximum atomic E-state index is 12.3. The quantitative estimate of drug-likeness (QED) is 0.861. The lowest BCUT2D eigenvalue weighted by molar-refractivity contribution is -0.115. The Labute approximate surface area is 120 Å². The van der Waals surface area contributed by atoms with Crippen LogP contribution in [-0.2, 0) is 4.79 Å². The summed E-state index contributed by atoms with van der Waals surface area (Å²) in [5.74, 6) is -0.561. The van der Waals surface area contributed by atoms with Gasteiger partial charge in [0.05, 0.1) is 29.3 Å². The van der Waals surface area contributed by atoms with E-state index in [9.17, 15) is 9.59 Å². The number of aromatic nitrogens is 2. The van der Waals surface area contributed by atoms with Crippen LogP contribution >= 0.6 is 27.7 Å². The Morgan fingerprint density at radius 3 is 3.05 bits per heavy atom. The van der Waals surface area contributed by atoms with Crippen LogP contribution in [-0.4, -0.2) is 27.1 Å². The summed E-state index contributed by atoms with van der Waals surface area (Å²) in [6.07, 6.45) is 1.40. The second kappa shape index (κ2) is 4.71. The molecule has 0 saturated carbocycles. The molecule has 8 heteroatoms. The minimum Gasteiger partial charge on any atom is -0.323 e. The second-order valence-corrected chi connectivity index (χ2v) is 5.37. The molecule has 0 aliphatic carbocycles. The van der Waals surface area contributed by atoms with Crippen molar-refractivity contribution in [3.63, 3.8) is 0 Å². The topological polar surface area (TPSA) is 75.2 Å². The molecule has 96 valence electrons.